The van der Waals surface area contributed by atoms with E-state index in [2.05, 4.69) is 22.6 Å². The van der Waals surface area contributed by atoms with Crippen LogP contribution in [0.1, 0.15) is 57.8 Å². The predicted molar refractivity (Wildman–Crippen MR) is 93.8 cm³/mol. The van der Waals surface area contributed by atoms with Crippen molar-refractivity contribution in [3.05, 3.63) is 0 Å². The SMILES string of the molecule is O=C(O)CCC[C@@H](I)C1C[C@H]2CC(OC3CCCCO3)C[C@H]2O1. The lowest BCUT2D eigenvalue weighted by molar-refractivity contribution is -0.189. The van der Waals surface area contributed by atoms with E-state index in [0.717, 1.165) is 51.6 Å². The first-order chi connectivity index (χ1) is 11.1. The summed E-state index contributed by atoms with van der Waals surface area (Å²) in [6.45, 7) is 0.829. The van der Waals surface area contributed by atoms with E-state index in [9.17, 15) is 4.79 Å². The Labute approximate surface area is 151 Å². The van der Waals surface area contributed by atoms with E-state index in [1.54, 1.807) is 0 Å². The zero-order valence-electron chi connectivity index (χ0n) is 13.5. The van der Waals surface area contributed by atoms with Gasteiger partial charge in [0.15, 0.2) is 6.29 Å². The average Bonchev–Trinajstić information content (AvgIpc) is 3.06. The van der Waals surface area contributed by atoms with Crippen LogP contribution in [0.2, 0.25) is 0 Å². The van der Waals surface area contributed by atoms with Gasteiger partial charge in [-0.3, -0.25) is 4.79 Å². The van der Waals surface area contributed by atoms with Gasteiger partial charge in [-0.15, -0.1) is 0 Å². The second-order valence-corrected chi connectivity index (χ2v) is 8.64. The second kappa shape index (κ2) is 8.45. The third-order valence-corrected chi connectivity index (χ3v) is 6.65. The number of ether oxygens (including phenoxy) is 3. The molecular formula is C17H27IO5. The molecule has 23 heavy (non-hydrogen) atoms. The normalized spacial score (nSPS) is 38.4. The first-order valence-corrected chi connectivity index (χ1v) is 10.1. The topological polar surface area (TPSA) is 65.0 Å². The van der Waals surface area contributed by atoms with Crippen molar-refractivity contribution in [1.82, 2.24) is 0 Å². The van der Waals surface area contributed by atoms with Gasteiger partial charge >= 0.3 is 5.97 Å². The largest absolute Gasteiger partial charge is 0.481 e. The van der Waals surface area contributed by atoms with Gasteiger partial charge in [0.2, 0.25) is 0 Å². The lowest BCUT2D eigenvalue weighted by atomic mass is 9.99. The van der Waals surface area contributed by atoms with Crippen LogP contribution in [0.3, 0.4) is 0 Å². The molecule has 0 radical (unpaired) electrons. The van der Waals surface area contributed by atoms with Crippen molar-refractivity contribution in [2.45, 2.75) is 86.3 Å². The molecule has 0 spiro atoms. The number of halogens is 1. The van der Waals surface area contributed by atoms with Gasteiger partial charge in [0.05, 0.1) is 18.3 Å². The summed E-state index contributed by atoms with van der Waals surface area (Å²) in [6.07, 6.45) is 9.35. The van der Waals surface area contributed by atoms with E-state index in [1.807, 2.05) is 0 Å². The van der Waals surface area contributed by atoms with Crippen LogP contribution in [0.5, 0.6) is 0 Å². The van der Waals surface area contributed by atoms with Gasteiger partial charge in [0, 0.05) is 23.4 Å². The lowest BCUT2D eigenvalue weighted by Gasteiger charge is -2.26. The average molecular weight is 438 g/mol. The molecule has 6 heteroatoms. The van der Waals surface area contributed by atoms with E-state index < -0.39 is 5.97 Å². The molecule has 0 aromatic carbocycles. The summed E-state index contributed by atoms with van der Waals surface area (Å²) in [7, 11) is 0. The molecule has 0 aromatic heterocycles. The van der Waals surface area contributed by atoms with E-state index in [1.165, 1.54) is 6.42 Å². The van der Waals surface area contributed by atoms with Crippen molar-refractivity contribution in [3.8, 4) is 0 Å². The van der Waals surface area contributed by atoms with Crippen LogP contribution < -0.4 is 0 Å². The predicted octanol–water partition coefficient (Wildman–Crippen LogP) is 3.52. The van der Waals surface area contributed by atoms with Gasteiger partial charge in [0.1, 0.15) is 0 Å². The summed E-state index contributed by atoms with van der Waals surface area (Å²) in [4.78, 5) is 10.6. The van der Waals surface area contributed by atoms with E-state index in [-0.39, 0.29) is 24.9 Å². The Kier molecular flexibility index (Phi) is 6.57. The molecule has 3 aliphatic rings. The summed E-state index contributed by atoms with van der Waals surface area (Å²) < 4.78 is 18.4. The third kappa shape index (κ3) is 5.03. The first kappa shape index (κ1) is 17.9. The minimum absolute atomic E-state index is 0.00304. The van der Waals surface area contributed by atoms with Crippen LogP contribution in [0, 0.1) is 5.92 Å². The molecule has 0 bridgehead atoms. The smallest absolute Gasteiger partial charge is 0.303 e. The highest BCUT2D eigenvalue weighted by Crippen LogP contribution is 2.43. The van der Waals surface area contributed by atoms with Crippen LogP contribution in [0.4, 0.5) is 0 Å². The fourth-order valence-corrected chi connectivity index (χ4v) is 4.95. The van der Waals surface area contributed by atoms with Crippen LogP contribution in [-0.4, -0.2) is 46.2 Å². The van der Waals surface area contributed by atoms with Crippen molar-refractivity contribution in [3.63, 3.8) is 0 Å². The molecule has 3 rings (SSSR count). The number of hydrogen-bond acceptors (Lipinski definition) is 4. The molecule has 5 nitrogen and oxygen atoms in total. The molecule has 3 unspecified atom stereocenters. The van der Waals surface area contributed by atoms with E-state index >= 15 is 0 Å². The molecule has 0 aromatic rings. The van der Waals surface area contributed by atoms with Gasteiger partial charge in [-0.2, -0.15) is 0 Å². The Morgan fingerprint density at radius 1 is 1.30 bits per heavy atom. The molecule has 3 fully saturated rings. The highest BCUT2D eigenvalue weighted by atomic mass is 127. The van der Waals surface area contributed by atoms with Crippen molar-refractivity contribution in [2.75, 3.05) is 6.61 Å². The molecule has 1 N–H and O–H groups in total. The molecule has 2 heterocycles. The Hall–Kier alpha value is 0.0800. The number of rotatable bonds is 7. The van der Waals surface area contributed by atoms with E-state index in [0.29, 0.717) is 15.9 Å². The first-order valence-electron chi connectivity index (χ1n) is 8.90. The molecule has 132 valence electrons. The van der Waals surface area contributed by atoms with Gasteiger partial charge in [0.25, 0.3) is 0 Å². The Bertz CT molecular complexity index is 384. The number of carboxylic acids is 1. The number of aliphatic carboxylic acids is 1. The van der Waals surface area contributed by atoms with Gasteiger partial charge in [-0.25, -0.2) is 0 Å². The summed E-state index contributed by atoms with van der Waals surface area (Å²) in [5.74, 6) is -0.104. The molecule has 0 amide bonds. The number of hydrogen-bond donors (Lipinski definition) is 1. The quantitative estimate of drug-likeness (QED) is 0.487. The van der Waals surface area contributed by atoms with Crippen LogP contribution in [0.25, 0.3) is 0 Å². The van der Waals surface area contributed by atoms with Gasteiger partial charge in [-0.1, -0.05) is 22.6 Å². The van der Waals surface area contributed by atoms with Gasteiger partial charge in [-0.05, 0) is 50.9 Å². The maximum Gasteiger partial charge on any atom is 0.303 e. The molecular weight excluding hydrogens is 411 g/mol. The van der Waals surface area contributed by atoms with Crippen molar-refractivity contribution in [1.29, 1.82) is 0 Å². The highest BCUT2D eigenvalue weighted by Gasteiger charge is 2.45. The fourth-order valence-electron chi connectivity index (χ4n) is 4.04. The standard InChI is InChI=1S/C17H27IO5/c18-13(4-3-5-16(19)20)15-9-11-8-12(10-14(11)23-15)22-17-6-1-2-7-21-17/h11-15,17H,1-10H2,(H,19,20)/t11-,12?,13-,14-,15?,17?/m1/s1. The Balaban J connectivity index is 1.37. The molecule has 6 atom stereocenters. The Morgan fingerprint density at radius 3 is 2.87 bits per heavy atom. The molecule has 1 aliphatic carbocycles. The van der Waals surface area contributed by atoms with Crippen molar-refractivity contribution >= 4 is 28.6 Å². The number of alkyl halides is 1. The molecule has 2 aliphatic heterocycles. The number of carbonyl (C=O) groups is 1. The minimum atomic E-state index is -0.706. The monoisotopic (exact) mass is 438 g/mol. The van der Waals surface area contributed by atoms with Crippen LogP contribution in [0.15, 0.2) is 0 Å². The van der Waals surface area contributed by atoms with Crippen LogP contribution in [-0.2, 0) is 19.0 Å². The van der Waals surface area contributed by atoms with E-state index in [4.69, 9.17) is 19.3 Å². The summed E-state index contributed by atoms with van der Waals surface area (Å²) in [6, 6.07) is 0. The third-order valence-electron chi connectivity index (χ3n) is 5.23. The summed E-state index contributed by atoms with van der Waals surface area (Å²) in [5.41, 5.74) is 0. The molecule has 2 saturated heterocycles. The summed E-state index contributed by atoms with van der Waals surface area (Å²) >= 11 is 2.43. The number of fused-ring (bicyclic) bond motifs is 1. The van der Waals surface area contributed by atoms with Crippen LogP contribution >= 0.6 is 22.6 Å². The zero-order valence-corrected chi connectivity index (χ0v) is 15.7. The lowest BCUT2D eigenvalue weighted by Crippen LogP contribution is -2.28. The maximum atomic E-state index is 10.6. The fraction of sp³-hybridized carbons (Fsp3) is 0.941. The number of carboxylic acid groups (broad SMARTS) is 1. The second-order valence-electron chi connectivity index (χ2n) is 7.04. The molecule has 1 saturated carbocycles. The van der Waals surface area contributed by atoms with Gasteiger partial charge < -0.3 is 19.3 Å². The van der Waals surface area contributed by atoms with Crippen molar-refractivity contribution < 1.29 is 24.1 Å². The van der Waals surface area contributed by atoms with Crippen molar-refractivity contribution in [2.24, 2.45) is 5.92 Å². The highest BCUT2D eigenvalue weighted by molar-refractivity contribution is 14.1. The maximum absolute atomic E-state index is 10.6. The minimum Gasteiger partial charge on any atom is -0.481 e. The zero-order chi connectivity index (χ0) is 16.2. The summed E-state index contributed by atoms with van der Waals surface area (Å²) in [5, 5.41) is 8.73. The Morgan fingerprint density at radius 2 is 2.17 bits per heavy atom.